The van der Waals surface area contributed by atoms with Crippen LogP contribution in [0.4, 0.5) is 0 Å². The molecule has 0 spiro atoms. The summed E-state index contributed by atoms with van der Waals surface area (Å²) in [6.07, 6.45) is 3.53. The number of phenols is 1. The molecule has 0 fully saturated rings. The van der Waals surface area contributed by atoms with Crippen LogP contribution < -0.4 is 10.2 Å². The molecule has 2 rings (SSSR count). The Balaban J connectivity index is 2.05. The van der Waals surface area contributed by atoms with Crippen LogP contribution in [0.3, 0.4) is 0 Å². The van der Waals surface area contributed by atoms with Crippen LogP contribution in [0.1, 0.15) is 41.1 Å². The lowest BCUT2D eigenvalue weighted by atomic mass is 10.2. The predicted octanol–water partition coefficient (Wildman–Crippen LogP) is 4.33. The molecule has 1 aromatic carbocycles. The molecular weight excluding hydrogens is 392 g/mol. The second kappa shape index (κ2) is 8.84. The van der Waals surface area contributed by atoms with E-state index >= 15 is 0 Å². The molecule has 0 atom stereocenters. The number of phenolic OH excluding ortho intramolecular Hbond substituents is 1. The second-order valence-corrected chi connectivity index (χ2v) is 6.88. The van der Waals surface area contributed by atoms with Crippen LogP contribution in [-0.2, 0) is 6.42 Å². The number of carbonyl (C=O) groups excluding carboxylic acids is 1. The fourth-order valence-corrected chi connectivity index (χ4v) is 3.43. The van der Waals surface area contributed by atoms with Crippen LogP contribution in [0.25, 0.3) is 0 Å². The maximum absolute atomic E-state index is 12.1. The predicted molar refractivity (Wildman–Crippen MR) is 100 cm³/mol. The maximum atomic E-state index is 12.1. The van der Waals surface area contributed by atoms with Crippen molar-refractivity contribution < 1.29 is 14.6 Å². The average molecular weight is 411 g/mol. The first-order valence-electron chi connectivity index (χ1n) is 7.61. The summed E-state index contributed by atoms with van der Waals surface area (Å²) in [5.41, 5.74) is 3.81. The third-order valence-electron chi connectivity index (χ3n) is 3.16. The van der Waals surface area contributed by atoms with Gasteiger partial charge < -0.3 is 9.84 Å². The van der Waals surface area contributed by atoms with Gasteiger partial charge >= 0.3 is 0 Å². The van der Waals surface area contributed by atoms with Crippen LogP contribution in [0.15, 0.2) is 33.2 Å². The Morgan fingerprint density at radius 3 is 2.92 bits per heavy atom. The Labute approximate surface area is 153 Å². The van der Waals surface area contributed by atoms with E-state index in [2.05, 4.69) is 33.4 Å². The minimum atomic E-state index is -0.246. The zero-order valence-electron chi connectivity index (χ0n) is 13.5. The maximum Gasteiger partial charge on any atom is 0.272 e. The molecule has 2 aromatic rings. The molecule has 0 radical (unpaired) electrons. The molecule has 0 saturated heterocycles. The fraction of sp³-hybridized carbons (Fsp3) is 0.294. The molecule has 1 amide bonds. The molecule has 0 unspecified atom stereocenters. The van der Waals surface area contributed by atoms with E-state index in [0.29, 0.717) is 28.0 Å². The smallest absolute Gasteiger partial charge is 0.272 e. The summed E-state index contributed by atoms with van der Waals surface area (Å²) in [6, 6.07) is 5.08. The average Bonchev–Trinajstić information content (AvgIpc) is 3.01. The highest BCUT2D eigenvalue weighted by Gasteiger charge is 2.09. The number of hydrogen-bond acceptors (Lipinski definition) is 5. The zero-order valence-corrected chi connectivity index (χ0v) is 15.9. The van der Waals surface area contributed by atoms with E-state index in [-0.39, 0.29) is 11.7 Å². The molecule has 0 saturated carbocycles. The van der Waals surface area contributed by atoms with Crippen molar-refractivity contribution >= 4 is 39.4 Å². The van der Waals surface area contributed by atoms with Gasteiger partial charge in [-0.2, -0.15) is 5.10 Å². The first-order chi connectivity index (χ1) is 11.5. The molecule has 0 aliphatic heterocycles. The number of nitrogens with one attached hydrogen (secondary N) is 1. The number of rotatable bonds is 7. The van der Waals surface area contributed by atoms with Crippen molar-refractivity contribution in [3.63, 3.8) is 0 Å². The van der Waals surface area contributed by atoms with Gasteiger partial charge in [0.2, 0.25) is 0 Å². The van der Waals surface area contributed by atoms with Crippen molar-refractivity contribution in [2.45, 2.75) is 26.7 Å². The van der Waals surface area contributed by atoms with Gasteiger partial charge in [0.15, 0.2) is 11.5 Å². The van der Waals surface area contributed by atoms with E-state index in [9.17, 15) is 9.90 Å². The third-order valence-corrected chi connectivity index (χ3v) is 4.84. The number of amides is 1. The normalized spacial score (nSPS) is 11.0. The van der Waals surface area contributed by atoms with E-state index in [1.165, 1.54) is 17.2 Å². The van der Waals surface area contributed by atoms with Crippen LogP contribution in [-0.4, -0.2) is 23.8 Å². The molecular formula is C17H19BrN2O3S. The number of carbonyl (C=O) groups is 1. The van der Waals surface area contributed by atoms with Gasteiger partial charge in [-0.15, -0.1) is 11.3 Å². The van der Waals surface area contributed by atoms with Crippen molar-refractivity contribution in [1.82, 2.24) is 5.43 Å². The van der Waals surface area contributed by atoms with Gasteiger partial charge in [-0.25, -0.2) is 5.43 Å². The molecule has 128 valence electrons. The summed E-state index contributed by atoms with van der Waals surface area (Å²) in [6.45, 7) is 4.39. The standard InChI is InChI=1S/C17H19BrN2O3S/c1-3-5-13-6-12(10-24-13)17(22)20-19-9-11-7-16(23-4-2)15(21)8-14(11)18/h6-10,21H,3-5H2,1-2H3,(H,20,22). The van der Waals surface area contributed by atoms with E-state index in [1.807, 2.05) is 18.4 Å². The molecule has 1 aromatic heterocycles. The molecule has 1 heterocycles. The van der Waals surface area contributed by atoms with Crippen LogP contribution in [0, 0.1) is 0 Å². The lowest BCUT2D eigenvalue weighted by Gasteiger charge is -2.08. The van der Waals surface area contributed by atoms with Crippen molar-refractivity contribution in [2.75, 3.05) is 6.61 Å². The first kappa shape index (κ1) is 18.5. The molecule has 24 heavy (non-hydrogen) atoms. The quantitative estimate of drug-likeness (QED) is 0.526. The summed E-state index contributed by atoms with van der Waals surface area (Å²) in [7, 11) is 0. The Morgan fingerprint density at radius 2 is 2.21 bits per heavy atom. The van der Waals surface area contributed by atoms with Crippen LogP contribution in [0.5, 0.6) is 11.5 Å². The van der Waals surface area contributed by atoms with Gasteiger partial charge in [-0.1, -0.05) is 13.3 Å². The van der Waals surface area contributed by atoms with E-state index in [0.717, 1.165) is 12.8 Å². The number of nitrogens with zero attached hydrogens (tertiary/aromatic N) is 1. The minimum absolute atomic E-state index is 0.0478. The summed E-state index contributed by atoms with van der Waals surface area (Å²) in [5, 5.41) is 15.6. The highest BCUT2D eigenvalue weighted by Crippen LogP contribution is 2.31. The molecule has 2 N–H and O–H groups in total. The Kier molecular flexibility index (Phi) is 6.81. The van der Waals surface area contributed by atoms with E-state index in [1.54, 1.807) is 17.4 Å². The zero-order chi connectivity index (χ0) is 17.5. The summed E-state index contributed by atoms with van der Waals surface area (Å²) in [5.74, 6) is 0.173. The fourth-order valence-electron chi connectivity index (χ4n) is 2.03. The van der Waals surface area contributed by atoms with Crippen molar-refractivity contribution in [3.05, 3.63) is 44.1 Å². The molecule has 0 bridgehead atoms. The Morgan fingerprint density at radius 1 is 1.42 bits per heavy atom. The van der Waals surface area contributed by atoms with E-state index in [4.69, 9.17) is 4.74 Å². The number of ether oxygens (including phenoxy) is 1. The number of aromatic hydroxyl groups is 1. The Bertz CT molecular complexity index is 743. The van der Waals surface area contributed by atoms with Crippen molar-refractivity contribution in [3.8, 4) is 11.5 Å². The lowest BCUT2D eigenvalue weighted by molar-refractivity contribution is 0.0955. The summed E-state index contributed by atoms with van der Waals surface area (Å²) in [4.78, 5) is 13.3. The number of halogens is 1. The van der Waals surface area contributed by atoms with Crippen LogP contribution >= 0.6 is 27.3 Å². The molecule has 0 aliphatic rings. The highest BCUT2D eigenvalue weighted by molar-refractivity contribution is 9.10. The van der Waals surface area contributed by atoms with Gasteiger partial charge in [0.1, 0.15) is 0 Å². The first-order valence-corrected chi connectivity index (χ1v) is 9.28. The van der Waals surface area contributed by atoms with E-state index < -0.39 is 0 Å². The van der Waals surface area contributed by atoms with Gasteiger partial charge in [0, 0.05) is 20.3 Å². The van der Waals surface area contributed by atoms with Gasteiger partial charge in [0.05, 0.1) is 18.4 Å². The summed E-state index contributed by atoms with van der Waals surface area (Å²) < 4.78 is 5.99. The minimum Gasteiger partial charge on any atom is -0.504 e. The Hall–Kier alpha value is -1.86. The van der Waals surface area contributed by atoms with Crippen molar-refractivity contribution in [2.24, 2.45) is 5.10 Å². The second-order valence-electron chi connectivity index (χ2n) is 5.03. The SMILES string of the molecule is CCCc1cc(C(=O)NN=Cc2cc(OCC)c(O)cc2Br)cs1. The number of hydrogen-bond donors (Lipinski definition) is 2. The van der Waals surface area contributed by atoms with Gasteiger partial charge in [-0.05, 0) is 47.5 Å². The van der Waals surface area contributed by atoms with Gasteiger partial charge in [0.25, 0.3) is 5.91 Å². The topological polar surface area (TPSA) is 70.9 Å². The third kappa shape index (κ3) is 4.82. The number of benzene rings is 1. The van der Waals surface area contributed by atoms with Crippen molar-refractivity contribution in [1.29, 1.82) is 0 Å². The summed E-state index contributed by atoms with van der Waals surface area (Å²) >= 11 is 4.93. The monoisotopic (exact) mass is 410 g/mol. The lowest BCUT2D eigenvalue weighted by Crippen LogP contribution is -2.16. The molecule has 5 nitrogen and oxygen atoms in total. The molecule has 7 heteroatoms. The number of aryl methyl sites for hydroxylation is 1. The number of hydrazone groups is 1. The largest absolute Gasteiger partial charge is 0.504 e. The molecule has 0 aliphatic carbocycles. The van der Waals surface area contributed by atoms with Gasteiger partial charge in [-0.3, -0.25) is 4.79 Å². The van der Waals surface area contributed by atoms with Crippen LogP contribution in [0.2, 0.25) is 0 Å². The number of thiophene rings is 1. The highest BCUT2D eigenvalue weighted by atomic mass is 79.9.